The fourth-order valence-electron chi connectivity index (χ4n) is 2.59. The van der Waals surface area contributed by atoms with Gasteiger partial charge in [-0.1, -0.05) is 30.3 Å². The first kappa shape index (κ1) is 14.4. The molecule has 0 saturated heterocycles. The Morgan fingerprint density at radius 1 is 0.957 bits per heavy atom. The van der Waals surface area contributed by atoms with Gasteiger partial charge in [0, 0.05) is 22.4 Å². The molecule has 1 aliphatic heterocycles. The summed E-state index contributed by atoms with van der Waals surface area (Å²) in [7, 11) is 1.61. The first-order chi connectivity index (χ1) is 11.3. The largest absolute Gasteiger partial charge is 0.496 e. The number of nitrogens with one attached hydrogen (secondary N) is 1. The minimum Gasteiger partial charge on any atom is -0.496 e. The van der Waals surface area contributed by atoms with Crippen LogP contribution in [0.5, 0.6) is 5.75 Å². The van der Waals surface area contributed by atoms with E-state index in [1.165, 1.54) is 0 Å². The van der Waals surface area contributed by atoms with E-state index >= 15 is 0 Å². The van der Waals surface area contributed by atoms with Gasteiger partial charge in [0.05, 0.1) is 12.8 Å². The Bertz CT molecular complexity index is 895. The monoisotopic (exact) mass is 299 g/mol. The van der Waals surface area contributed by atoms with Crippen molar-refractivity contribution in [1.82, 2.24) is 0 Å². The fraction of sp³-hybridized carbons (Fsp3) is 0.0526. The zero-order chi connectivity index (χ0) is 16.2. The average molecular weight is 299 g/mol. The van der Waals surface area contributed by atoms with Gasteiger partial charge >= 0.3 is 0 Å². The molecule has 0 atom stereocenters. The molecule has 0 bridgehead atoms. The summed E-state index contributed by atoms with van der Waals surface area (Å²) in [5.74, 6) is 0.723. The van der Waals surface area contributed by atoms with Gasteiger partial charge in [0.15, 0.2) is 0 Å². The molecule has 110 valence electrons. The molecule has 0 fully saturated rings. The van der Waals surface area contributed by atoms with Crippen molar-refractivity contribution in [1.29, 1.82) is 10.5 Å². The van der Waals surface area contributed by atoms with Crippen molar-refractivity contribution < 1.29 is 4.74 Å². The van der Waals surface area contributed by atoms with Crippen LogP contribution in [0, 0.1) is 22.7 Å². The second kappa shape index (κ2) is 6.09. The summed E-state index contributed by atoms with van der Waals surface area (Å²) in [5, 5.41) is 21.9. The molecule has 1 heterocycles. The van der Waals surface area contributed by atoms with Gasteiger partial charge in [-0.2, -0.15) is 10.5 Å². The van der Waals surface area contributed by atoms with Crippen molar-refractivity contribution in [2.75, 3.05) is 12.4 Å². The maximum absolute atomic E-state index is 9.26. The molecule has 4 nitrogen and oxygen atoms in total. The van der Waals surface area contributed by atoms with E-state index in [0.717, 1.165) is 28.3 Å². The van der Waals surface area contributed by atoms with Gasteiger partial charge in [-0.3, -0.25) is 0 Å². The second-order valence-electron chi connectivity index (χ2n) is 4.94. The molecule has 3 rings (SSSR count). The van der Waals surface area contributed by atoms with E-state index in [1.54, 1.807) is 7.11 Å². The average Bonchev–Trinajstić information content (AvgIpc) is 2.62. The molecular weight excluding hydrogens is 286 g/mol. The number of allylic oxidation sites excluding steroid dienone is 3. The van der Waals surface area contributed by atoms with Crippen LogP contribution in [0.4, 0.5) is 5.69 Å². The van der Waals surface area contributed by atoms with Gasteiger partial charge in [0.1, 0.15) is 23.5 Å². The van der Waals surface area contributed by atoms with Gasteiger partial charge in [0.2, 0.25) is 0 Å². The highest BCUT2D eigenvalue weighted by Crippen LogP contribution is 2.38. The molecule has 23 heavy (non-hydrogen) atoms. The Morgan fingerprint density at radius 2 is 1.61 bits per heavy atom. The quantitative estimate of drug-likeness (QED) is 0.852. The van der Waals surface area contributed by atoms with Gasteiger partial charge in [-0.05, 0) is 24.3 Å². The zero-order valence-corrected chi connectivity index (χ0v) is 12.5. The van der Waals surface area contributed by atoms with E-state index < -0.39 is 0 Å². The predicted molar refractivity (Wildman–Crippen MR) is 89.2 cm³/mol. The van der Waals surface area contributed by atoms with Gasteiger partial charge < -0.3 is 10.1 Å². The van der Waals surface area contributed by atoms with Crippen molar-refractivity contribution in [2.45, 2.75) is 0 Å². The summed E-state index contributed by atoms with van der Waals surface area (Å²) in [5.41, 5.74) is 4.06. The highest BCUT2D eigenvalue weighted by molar-refractivity contribution is 6.00. The van der Waals surface area contributed by atoms with Gasteiger partial charge in [-0.25, -0.2) is 0 Å². The van der Waals surface area contributed by atoms with Crippen LogP contribution >= 0.6 is 0 Å². The molecule has 0 amide bonds. The topological polar surface area (TPSA) is 68.8 Å². The number of methoxy groups -OCH3 is 1. The van der Waals surface area contributed by atoms with Crippen molar-refractivity contribution >= 4 is 17.0 Å². The smallest absolute Gasteiger partial charge is 0.137 e. The molecule has 4 heteroatoms. The molecule has 0 unspecified atom stereocenters. The fourth-order valence-corrected chi connectivity index (χ4v) is 2.59. The van der Waals surface area contributed by atoms with Crippen molar-refractivity contribution in [3.05, 3.63) is 71.3 Å². The standard InChI is InChI=1S/C19H13N3O/c1-23-19-9-5-3-7-15(19)18-10-16(13(11-20)12-21)14-6-2-4-8-17(14)22-18/h2-10,22H,1H3. The number of ether oxygens (including phenoxy) is 1. The molecule has 1 N–H and O–H groups in total. The normalized spacial score (nSPS) is 12.1. The third-order valence-corrected chi connectivity index (χ3v) is 3.67. The Kier molecular flexibility index (Phi) is 3.82. The van der Waals surface area contributed by atoms with Crippen LogP contribution in [0.3, 0.4) is 0 Å². The van der Waals surface area contributed by atoms with Crippen LogP contribution < -0.4 is 10.1 Å². The summed E-state index contributed by atoms with van der Waals surface area (Å²) in [4.78, 5) is 0. The van der Waals surface area contributed by atoms with Crippen molar-refractivity contribution in [2.24, 2.45) is 0 Å². The van der Waals surface area contributed by atoms with Crippen LogP contribution in [-0.4, -0.2) is 7.11 Å². The molecule has 2 aromatic carbocycles. The second-order valence-corrected chi connectivity index (χ2v) is 4.94. The number of nitriles is 2. The third-order valence-electron chi connectivity index (χ3n) is 3.67. The molecule has 1 aliphatic rings. The SMILES string of the molecule is COc1ccccc1C1=CC(=C(C#N)C#N)c2ccccc2N1. The number of para-hydroxylation sites is 2. The summed E-state index contributed by atoms with van der Waals surface area (Å²) in [6.07, 6.45) is 1.82. The minimum absolute atomic E-state index is 0.0892. The molecule has 0 radical (unpaired) electrons. The lowest BCUT2D eigenvalue weighted by atomic mass is 9.93. The Balaban J connectivity index is 2.24. The highest BCUT2D eigenvalue weighted by atomic mass is 16.5. The maximum atomic E-state index is 9.26. The van der Waals surface area contributed by atoms with E-state index in [4.69, 9.17) is 4.74 Å². The minimum atomic E-state index is 0.0892. The first-order valence-corrected chi connectivity index (χ1v) is 7.04. The maximum Gasteiger partial charge on any atom is 0.137 e. The number of anilines is 1. The first-order valence-electron chi connectivity index (χ1n) is 7.04. The van der Waals surface area contributed by atoms with Crippen LogP contribution in [0.2, 0.25) is 0 Å². The predicted octanol–water partition coefficient (Wildman–Crippen LogP) is 3.96. The number of rotatable bonds is 2. The lowest BCUT2D eigenvalue weighted by Gasteiger charge is -2.22. The number of nitrogens with zero attached hydrogens (tertiary/aromatic N) is 2. The van der Waals surface area contributed by atoms with E-state index in [1.807, 2.05) is 66.7 Å². The Morgan fingerprint density at radius 3 is 2.30 bits per heavy atom. The lowest BCUT2D eigenvalue weighted by Crippen LogP contribution is -2.08. The molecular formula is C19H13N3O. The number of hydrogen-bond acceptors (Lipinski definition) is 4. The van der Waals surface area contributed by atoms with Crippen LogP contribution in [0.15, 0.2) is 60.2 Å². The van der Waals surface area contributed by atoms with Gasteiger partial charge in [-0.15, -0.1) is 0 Å². The summed E-state index contributed by atoms with van der Waals surface area (Å²) >= 11 is 0. The summed E-state index contributed by atoms with van der Waals surface area (Å²) < 4.78 is 5.41. The van der Waals surface area contributed by atoms with Crippen molar-refractivity contribution in [3.8, 4) is 17.9 Å². The number of hydrogen-bond donors (Lipinski definition) is 1. The van der Waals surface area contributed by atoms with E-state index in [0.29, 0.717) is 5.57 Å². The van der Waals surface area contributed by atoms with Crippen molar-refractivity contribution in [3.63, 3.8) is 0 Å². The van der Waals surface area contributed by atoms with E-state index in [9.17, 15) is 10.5 Å². The summed E-state index contributed by atoms with van der Waals surface area (Å²) in [6, 6.07) is 19.2. The van der Waals surface area contributed by atoms with Crippen LogP contribution in [0.1, 0.15) is 11.1 Å². The van der Waals surface area contributed by atoms with Crippen LogP contribution in [-0.2, 0) is 0 Å². The van der Waals surface area contributed by atoms with E-state index in [2.05, 4.69) is 5.32 Å². The zero-order valence-electron chi connectivity index (χ0n) is 12.5. The van der Waals surface area contributed by atoms with E-state index in [-0.39, 0.29) is 5.57 Å². The molecule has 0 saturated carbocycles. The molecule has 0 spiro atoms. The number of fused-ring (bicyclic) bond motifs is 1. The molecule has 2 aromatic rings. The molecule has 0 aromatic heterocycles. The Hall–Kier alpha value is -3.50. The van der Waals surface area contributed by atoms with Gasteiger partial charge in [0.25, 0.3) is 0 Å². The number of benzene rings is 2. The Labute approximate surface area is 134 Å². The summed E-state index contributed by atoms with van der Waals surface area (Å²) in [6.45, 7) is 0. The third kappa shape index (κ3) is 2.54. The highest BCUT2D eigenvalue weighted by Gasteiger charge is 2.20. The molecule has 0 aliphatic carbocycles. The lowest BCUT2D eigenvalue weighted by molar-refractivity contribution is 0.413. The van der Waals surface area contributed by atoms with Crippen LogP contribution in [0.25, 0.3) is 11.3 Å².